The second-order valence-electron chi connectivity index (χ2n) is 8.92. The first-order chi connectivity index (χ1) is 17.7. The van der Waals surface area contributed by atoms with E-state index in [1.165, 1.54) is 5.57 Å². The summed E-state index contributed by atoms with van der Waals surface area (Å²) in [5.74, 6) is 0.883. The highest BCUT2D eigenvalue weighted by Gasteiger charge is 2.03. The highest BCUT2D eigenvalue weighted by Crippen LogP contribution is 2.22. The molecule has 0 saturated carbocycles. The molecule has 7 heteroatoms. The molecule has 0 aliphatic heterocycles. The fourth-order valence-corrected chi connectivity index (χ4v) is 3.40. The van der Waals surface area contributed by atoms with E-state index in [0.717, 1.165) is 39.1 Å². The quantitative estimate of drug-likeness (QED) is 0.156. The number of aromatic nitrogens is 3. The summed E-state index contributed by atoms with van der Waals surface area (Å²) in [7, 11) is 1.96. The number of rotatable bonds is 5. The fraction of sp³-hybridized carbons (Fsp3) is 0.167. The topological polar surface area (TPSA) is 113 Å². The molecule has 0 bridgehead atoms. The Kier molecular flexibility index (Phi) is 8.85. The van der Waals surface area contributed by atoms with Gasteiger partial charge in [0, 0.05) is 24.6 Å². The Bertz CT molecular complexity index is 1490. The lowest BCUT2D eigenvalue weighted by Gasteiger charge is -2.06. The largest absolute Gasteiger partial charge is 0.512 e. The number of hydrogen-bond donors (Lipinski definition) is 3. The minimum Gasteiger partial charge on any atom is -0.512 e. The molecule has 2 aromatic carbocycles. The van der Waals surface area contributed by atoms with Crippen LogP contribution in [0.3, 0.4) is 0 Å². The molecule has 2 aromatic heterocycles. The van der Waals surface area contributed by atoms with Crippen LogP contribution < -0.4 is 11.1 Å². The summed E-state index contributed by atoms with van der Waals surface area (Å²) in [6.07, 6.45) is 7.81. The van der Waals surface area contributed by atoms with Crippen LogP contribution in [0, 0.1) is 11.3 Å². The van der Waals surface area contributed by atoms with E-state index in [-0.39, 0.29) is 0 Å². The molecular formula is C30H32N6O. The molecular weight excluding hydrogens is 460 g/mol. The van der Waals surface area contributed by atoms with E-state index in [9.17, 15) is 5.11 Å². The second kappa shape index (κ2) is 12.2. The number of fused-ring (bicyclic) bond motifs is 1. The van der Waals surface area contributed by atoms with Crippen molar-refractivity contribution >= 4 is 33.9 Å². The minimum atomic E-state index is 0.338. The molecule has 0 radical (unpaired) electrons. The summed E-state index contributed by atoms with van der Waals surface area (Å²) >= 11 is 0. The van der Waals surface area contributed by atoms with E-state index in [2.05, 4.69) is 41.3 Å². The molecule has 0 amide bonds. The van der Waals surface area contributed by atoms with Crippen LogP contribution in [-0.2, 0) is 7.05 Å². The van der Waals surface area contributed by atoms with E-state index in [1.54, 1.807) is 25.3 Å². The number of nitrogens with two attached hydrogens (primary N) is 1. The third-order valence-corrected chi connectivity index (χ3v) is 5.53. The zero-order valence-corrected chi connectivity index (χ0v) is 21.8. The molecule has 0 aliphatic rings. The first kappa shape index (κ1) is 26.8. The molecule has 4 N–H and O–H groups in total. The van der Waals surface area contributed by atoms with Crippen molar-refractivity contribution in [1.82, 2.24) is 14.5 Å². The molecule has 188 valence electrons. The Morgan fingerprint density at radius 2 is 1.68 bits per heavy atom. The molecule has 0 spiro atoms. The molecule has 0 saturated heterocycles. The molecule has 0 unspecified atom stereocenters. The number of aryl methyl sites for hydroxylation is 1. The van der Waals surface area contributed by atoms with Gasteiger partial charge >= 0.3 is 0 Å². The van der Waals surface area contributed by atoms with Crippen molar-refractivity contribution in [2.24, 2.45) is 7.05 Å². The number of nitrogens with one attached hydrogen (secondary N) is 1. The molecule has 2 heterocycles. The zero-order valence-electron chi connectivity index (χ0n) is 21.8. The number of benzene rings is 2. The first-order valence-corrected chi connectivity index (χ1v) is 11.8. The van der Waals surface area contributed by atoms with E-state index >= 15 is 0 Å². The van der Waals surface area contributed by atoms with Gasteiger partial charge < -0.3 is 20.7 Å². The van der Waals surface area contributed by atoms with E-state index in [1.807, 2.05) is 73.3 Å². The smallest absolute Gasteiger partial charge is 0.227 e. The highest BCUT2D eigenvalue weighted by atomic mass is 16.3. The third kappa shape index (κ3) is 7.58. The predicted octanol–water partition coefficient (Wildman–Crippen LogP) is 7.05. The standard InChI is InChI=1S/C16H21NO.C14H11N5/c1-11(2)9-15(10-12(3)13(4)18)14-5-7-16(17)8-6-14;1-19-7-6-12-13(19)9-16-14(18-12)17-11-4-2-10(8-15)3-5-11/h5-10,18H,17H2,1-4H3;2-7,9H,1H3,(H,16,17,18)/b13-12+,15-10+;. The van der Waals surface area contributed by atoms with Crippen molar-refractivity contribution in [2.45, 2.75) is 27.7 Å². The Balaban J connectivity index is 0.000000206. The van der Waals surface area contributed by atoms with Crippen LogP contribution in [-0.4, -0.2) is 19.6 Å². The van der Waals surface area contributed by atoms with Gasteiger partial charge in [-0.2, -0.15) is 5.26 Å². The predicted molar refractivity (Wildman–Crippen MR) is 152 cm³/mol. The van der Waals surface area contributed by atoms with Gasteiger partial charge in [0.15, 0.2) is 0 Å². The van der Waals surface area contributed by atoms with Crippen molar-refractivity contribution in [1.29, 1.82) is 5.26 Å². The van der Waals surface area contributed by atoms with Crippen LogP contribution in [0.4, 0.5) is 17.3 Å². The van der Waals surface area contributed by atoms with Gasteiger partial charge in [-0.3, -0.25) is 0 Å². The van der Waals surface area contributed by atoms with Crippen LogP contribution in [0.15, 0.2) is 96.0 Å². The molecule has 7 nitrogen and oxygen atoms in total. The van der Waals surface area contributed by atoms with Crippen molar-refractivity contribution in [3.05, 3.63) is 107 Å². The van der Waals surface area contributed by atoms with Crippen LogP contribution in [0.25, 0.3) is 16.6 Å². The normalized spacial score (nSPS) is 11.6. The van der Waals surface area contributed by atoms with Gasteiger partial charge in [-0.15, -0.1) is 0 Å². The van der Waals surface area contributed by atoms with Gasteiger partial charge in [-0.05, 0) is 92.9 Å². The van der Waals surface area contributed by atoms with Gasteiger partial charge in [0.2, 0.25) is 5.95 Å². The van der Waals surface area contributed by atoms with Gasteiger partial charge in [-0.1, -0.05) is 23.8 Å². The number of allylic oxidation sites excluding steroid dienone is 6. The zero-order chi connectivity index (χ0) is 26.9. The summed E-state index contributed by atoms with van der Waals surface area (Å²) in [6.45, 7) is 7.69. The highest BCUT2D eigenvalue weighted by molar-refractivity contribution is 5.77. The fourth-order valence-electron chi connectivity index (χ4n) is 3.40. The minimum absolute atomic E-state index is 0.338. The van der Waals surface area contributed by atoms with Gasteiger partial charge in [0.1, 0.15) is 0 Å². The van der Waals surface area contributed by atoms with Gasteiger partial charge in [0.05, 0.1) is 34.6 Å². The van der Waals surface area contributed by atoms with E-state index in [4.69, 9.17) is 11.0 Å². The summed E-state index contributed by atoms with van der Waals surface area (Å²) in [5, 5.41) is 21.3. The Morgan fingerprint density at radius 3 is 2.27 bits per heavy atom. The molecule has 0 fully saturated rings. The van der Waals surface area contributed by atoms with Crippen LogP contribution in [0.2, 0.25) is 0 Å². The Hall–Kier alpha value is -4.83. The van der Waals surface area contributed by atoms with Crippen LogP contribution in [0.1, 0.15) is 38.8 Å². The van der Waals surface area contributed by atoms with Crippen molar-refractivity contribution in [3.8, 4) is 6.07 Å². The average molecular weight is 493 g/mol. The number of anilines is 3. The maximum absolute atomic E-state index is 9.49. The summed E-state index contributed by atoms with van der Waals surface area (Å²) < 4.78 is 1.97. The Morgan fingerprint density at radius 1 is 1.00 bits per heavy atom. The van der Waals surface area contributed by atoms with E-state index in [0.29, 0.717) is 17.3 Å². The SMILES string of the molecule is CC(C)=C/C(=C\C(C)=C(/C)O)c1ccc(N)cc1.Cn1ccc2nc(Nc3ccc(C#N)cc3)ncc21. The van der Waals surface area contributed by atoms with Crippen molar-refractivity contribution in [3.63, 3.8) is 0 Å². The summed E-state index contributed by atoms with van der Waals surface area (Å²) in [4.78, 5) is 8.70. The number of nitrogens with zero attached hydrogens (tertiary/aromatic N) is 4. The summed E-state index contributed by atoms with van der Waals surface area (Å²) in [6, 6.07) is 18.9. The van der Waals surface area contributed by atoms with Gasteiger partial charge in [0.25, 0.3) is 0 Å². The molecule has 4 rings (SSSR count). The lowest BCUT2D eigenvalue weighted by molar-refractivity contribution is 0.409. The third-order valence-electron chi connectivity index (χ3n) is 5.53. The Labute approximate surface area is 217 Å². The molecule has 0 aliphatic carbocycles. The van der Waals surface area contributed by atoms with Crippen molar-refractivity contribution < 1.29 is 5.11 Å². The van der Waals surface area contributed by atoms with Gasteiger partial charge in [-0.25, -0.2) is 9.97 Å². The molecule has 0 atom stereocenters. The number of hydrogen-bond acceptors (Lipinski definition) is 6. The van der Waals surface area contributed by atoms with E-state index < -0.39 is 0 Å². The van der Waals surface area contributed by atoms with Crippen LogP contribution >= 0.6 is 0 Å². The lowest BCUT2D eigenvalue weighted by atomic mass is 10.0. The summed E-state index contributed by atoms with van der Waals surface area (Å²) in [5.41, 5.74) is 14.0. The lowest BCUT2D eigenvalue weighted by Crippen LogP contribution is -1.97. The average Bonchev–Trinajstić information content (AvgIpc) is 3.24. The number of aliphatic hydroxyl groups is 1. The molecule has 4 aromatic rings. The second-order valence-corrected chi connectivity index (χ2v) is 8.92. The maximum Gasteiger partial charge on any atom is 0.227 e. The number of aliphatic hydroxyl groups excluding tert-OH is 1. The number of nitriles is 1. The maximum atomic E-state index is 9.49. The molecule has 37 heavy (non-hydrogen) atoms. The first-order valence-electron chi connectivity index (χ1n) is 11.8. The monoisotopic (exact) mass is 492 g/mol. The number of nitrogen functional groups attached to an aromatic ring is 1. The van der Waals surface area contributed by atoms with Crippen molar-refractivity contribution in [2.75, 3.05) is 11.1 Å². The van der Waals surface area contributed by atoms with Crippen LogP contribution in [0.5, 0.6) is 0 Å².